The molecule has 2 heteroatoms. The molecule has 2 rings (SSSR count). The Hall–Kier alpha value is -0.660. The van der Waals surface area contributed by atoms with Gasteiger partial charge in [0.15, 0.2) is 0 Å². The van der Waals surface area contributed by atoms with Crippen LogP contribution in [-0.4, -0.2) is 0 Å². The predicted octanol–water partition coefficient (Wildman–Crippen LogP) is 6.02. The fourth-order valence-electron chi connectivity index (χ4n) is 2.00. The topological polar surface area (TPSA) is 0 Å². The van der Waals surface area contributed by atoms with Gasteiger partial charge in [-0.3, -0.25) is 0 Å². The molecule has 1 aromatic rings. The third-order valence-corrected chi connectivity index (χ3v) is 4.82. The minimum Gasteiger partial charge on any atom is -0.0981 e. The Bertz CT molecular complexity index is 496. The maximum atomic E-state index is 6.26. The summed E-state index contributed by atoms with van der Waals surface area (Å²) >= 11 is 8.01. The lowest BCUT2D eigenvalue weighted by Gasteiger charge is -2.13. The molecular formula is C16H19ClS. The van der Waals surface area contributed by atoms with E-state index in [1.54, 1.807) is 11.8 Å². The summed E-state index contributed by atoms with van der Waals surface area (Å²) in [5.41, 5.74) is 2.98. The van der Waals surface area contributed by atoms with Crippen LogP contribution in [0.1, 0.15) is 44.7 Å². The second kappa shape index (κ2) is 5.54. The van der Waals surface area contributed by atoms with E-state index in [0.717, 1.165) is 5.02 Å². The van der Waals surface area contributed by atoms with Crippen LogP contribution in [-0.2, 0) is 5.41 Å². The van der Waals surface area contributed by atoms with E-state index in [2.05, 4.69) is 49.6 Å². The minimum absolute atomic E-state index is 0.365. The van der Waals surface area contributed by atoms with Crippen LogP contribution in [0.3, 0.4) is 0 Å². The first-order valence-electron chi connectivity index (χ1n) is 6.34. The van der Waals surface area contributed by atoms with Crippen LogP contribution in [0.5, 0.6) is 0 Å². The molecule has 1 saturated carbocycles. The van der Waals surface area contributed by atoms with Crippen LogP contribution in [0.2, 0.25) is 5.02 Å². The fourth-order valence-corrected chi connectivity index (χ4v) is 2.91. The van der Waals surface area contributed by atoms with Gasteiger partial charge in [0, 0.05) is 9.93 Å². The average Bonchev–Trinajstić information content (AvgIpc) is 3.09. The second-order valence-electron chi connectivity index (χ2n) is 5.03. The highest BCUT2D eigenvalue weighted by Crippen LogP contribution is 2.49. The Kier molecular flexibility index (Phi) is 4.24. The molecule has 0 heterocycles. The lowest BCUT2D eigenvalue weighted by atomic mass is 9.96. The highest BCUT2D eigenvalue weighted by molar-refractivity contribution is 8.10. The van der Waals surface area contributed by atoms with Crippen molar-refractivity contribution in [3.8, 4) is 0 Å². The van der Waals surface area contributed by atoms with E-state index in [0.29, 0.717) is 5.41 Å². The number of hydrogen-bond donors (Lipinski definition) is 0. The molecule has 0 saturated heterocycles. The number of hydrogen-bond acceptors (Lipinski definition) is 1. The monoisotopic (exact) mass is 278 g/mol. The highest BCUT2D eigenvalue weighted by atomic mass is 35.5. The molecule has 96 valence electrons. The molecule has 0 aromatic heterocycles. The summed E-state index contributed by atoms with van der Waals surface area (Å²) in [6.45, 7) is 6.43. The smallest absolute Gasteiger partial charge is 0.0415 e. The summed E-state index contributed by atoms with van der Waals surface area (Å²) in [7, 11) is 0. The third kappa shape index (κ3) is 3.02. The van der Waals surface area contributed by atoms with E-state index >= 15 is 0 Å². The molecule has 0 atom stereocenters. The zero-order valence-electron chi connectivity index (χ0n) is 11.2. The van der Waals surface area contributed by atoms with Crippen LogP contribution in [0.15, 0.2) is 35.8 Å². The molecule has 1 aliphatic carbocycles. The SMILES string of the molecule is C/C=C\S/C(=C\C)c1cc(Cl)cc(C2(C)CC2)c1. The molecule has 18 heavy (non-hydrogen) atoms. The molecule has 0 unspecified atom stereocenters. The molecule has 0 N–H and O–H groups in total. The Morgan fingerprint density at radius 3 is 2.56 bits per heavy atom. The Morgan fingerprint density at radius 1 is 1.28 bits per heavy atom. The van der Waals surface area contributed by atoms with Gasteiger partial charge in [-0.2, -0.15) is 0 Å². The lowest BCUT2D eigenvalue weighted by Crippen LogP contribution is -2.00. The second-order valence-corrected chi connectivity index (χ2v) is 6.41. The minimum atomic E-state index is 0.365. The molecule has 0 radical (unpaired) electrons. The molecule has 0 amide bonds. The zero-order valence-corrected chi connectivity index (χ0v) is 12.7. The van der Waals surface area contributed by atoms with Crippen molar-refractivity contribution < 1.29 is 0 Å². The highest BCUT2D eigenvalue weighted by Gasteiger charge is 2.39. The Balaban J connectivity index is 2.35. The maximum Gasteiger partial charge on any atom is 0.0415 e. The van der Waals surface area contributed by atoms with Gasteiger partial charge in [-0.25, -0.2) is 0 Å². The van der Waals surface area contributed by atoms with Crippen molar-refractivity contribution in [1.29, 1.82) is 0 Å². The van der Waals surface area contributed by atoms with Crippen molar-refractivity contribution >= 4 is 28.3 Å². The van der Waals surface area contributed by atoms with Crippen molar-refractivity contribution in [3.63, 3.8) is 0 Å². The molecule has 1 aliphatic rings. The number of thioether (sulfide) groups is 1. The van der Waals surface area contributed by atoms with Crippen LogP contribution >= 0.6 is 23.4 Å². The Morgan fingerprint density at radius 2 is 2.00 bits per heavy atom. The van der Waals surface area contributed by atoms with E-state index in [4.69, 9.17) is 11.6 Å². The molecule has 1 aromatic carbocycles. The van der Waals surface area contributed by atoms with Crippen molar-refractivity contribution in [1.82, 2.24) is 0 Å². The van der Waals surface area contributed by atoms with E-state index in [-0.39, 0.29) is 0 Å². The lowest BCUT2D eigenvalue weighted by molar-refractivity contribution is 0.787. The van der Waals surface area contributed by atoms with Gasteiger partial charge in [-0.05, 0) is 66.8 Å². The van der Waals surface area contributed by atoms with E-state index < -0.39 is 0 Å². The first-order valence-corrected chi connectivity index (χ1v) is 7.60. The number of benzene rings is 1. The standard InChI is InChI=1S/C16H19ClS/c1-4-8-18-15(5-2)12-9-13(11-14(17)10-12)16(3)6-7-16/h4-5,8-11H,6-7H2,1-3H3/b8-4-,15-5-. The first-order chi connectivity index (χ1) is 8.59. The summed E-state index contributed by atoms with van der Waals surface area (Å²) in [5, 5.41) is 2.95. The molecule has 0 bridgehead atoms. The van der Waals surface area contributed by atoms with Crippen LogP contribution in [0, 0.1) is 0 Å². The van der Waals surface area contributed by atoms with Gasteiger partial charge in [-0.15, -0.1) is 0 Å². The normalized spacial score (nSPS) is 18.3. The van der Waals surface area contributed by atoms with E-state index in [9.17, 15) is 0 Å². The van der Waals surface area contributed by atoms with E-state index in [1.807, 2.05) is 6.92 Å². The number of halogens is 1. The summed E-state index contributed by atoms with van der Waals surface area (Å²) < 4.78 is 0. The van der Waals surface area contributed by atoms with Gasteiger partial charge in [0.1, 0.15) is 0 Å². The molecule has 1 fully saturated rings. The fraction of sp³-hybridized carbons (Fsp3) is 0.375. The van der Waals surface area contributed by atoms with Crippen LogP contribution in [0.4, 0.5) is 0 Å². The molecule has 0 nitrogen and oxygen atoms in total. The van der Waals surface area contributed by atoms with Gasteiger partial charge in [0.05, 0.1) is 0 Å². The number of allylic oxidation sites excluding steroid dienone is 2. The maximum absolute atomic E-state index is 6.26. The predicted molar refractivity (Wildman–Crippen MR) is 84.1 cm³/mol. The van der Waals surface area contributed by atoms with E-state index in [1.165, 1.54) is 28.9 Å². The first kappa shape index (κ1) is 13.8. The largest absolute Gasteiger partial charge is 0.0981 e. The summed E-state index contributed by atoms with van der Waals surface area (Å²) in [6.07, 6.45) is 6.76. The van der Waals surface area contributed by atoms with Crippen molar-refractivity contribution in [2.24, 2.45) is 0 Å². The quantitative estimate of drug-likeness (QED) is 0.649. The van der Waals surface area contributed by atoms with Gasteiger partial charge >= 0.3 is 0 Å². The van der Waals surface area contributed by atoms with Crippen LogP contribution < -0.4 is 0 Å². The average molecular weight is 279 g/mol. The van der Waals surface area contributed by atoms with Gasteiger partial charge in [0.2, 0.25) is 0 Å². The van der Waals surface area contributed by atoms with Crippen molar-refractivity contribution in [3.05, 3.63) is 51.9 Å². The van der Waals surface area contributed by atoms with Crippen molar-refractivity contribution in [2.45, 2.75) is 39.0 Å². The van der Waals surface area contributed by atoms with Gasteiger partial charge in [0.25, 0.3) is 0 Å². The molecule has 0 spiro atoms. The summed E-state index contributed by atoms with van der Waals surface area (Å²) in [6, 6.07) is 6.47. The molecule has 0 aliphatic heterocycles. The van der Waals surface area contributed by atoms with Gasteiger partial charge in [-0.1, -0.05) is 42.4 Å². The molecular weight excluding hydrogens is 260 g/mol. The zero-order chi connectivity index (χ0) is 13.2. The summed E-state index contributed by atoms with van der Waals surface area (Å²) in [5.74, 6) is 0. The van der Waals surface area contributed by atoms with Crippen molar-refractivity contribution in [2.75, 3.05) is 0 Å². The third-order valence-electron chi connectivity index (χ3n) is 3.47. The summed E-state index contributed by atoms with van der Waals surface area (Å²) in [4.78, 5) is 1.26. The Labute approximate surface area is 119 Å². The number of rotatable bonds is 4. The van der Waals surface area contributed by atoms with Gasteiger partial charge < -0.3 is 0 Å². The van der Waals surface area contributed by atoms with Crippen LogP contribution in [0.25, 0.3) is 4.91 Å².